The van der Waals surface area contributed by atoms with E-state index < -0.39 is 5.41 Å². The van der Waals surface area contributed by atoms with Crippen molar-refractivity contribution < 1.29 is 14.3 Å². The van der Waals surface area contributed by atoms with Gasteiger partial charge in [0.1, 0.15) is 5.75 Å². The molecule has 1 atom stereocenters. The van der Waals surface area contributed by atoms with Gasteiger partial charge in [-0.1, -0.05) is 20.8 Å². The predicted octanol–water partition coefficient (Wildman–Crippen LogP) is 2.89. The van der Waals surface area contributed by atoms with Crippen LogP contribution in [0, 0.1) is 5.41 Å². The number of rotatable bonds is 3. The zero-order valence-corrected chi connectivity index (χ0v) is 15.7. The van der Waals surface area contributed by atoms with Gasteiger partial charge in [-0.25, -0.2) is 0 Å². The molecule has 3 rings (SSSR count). The van der Waals surface area contributed by atoms with Crippen LogP contribution in [0.1, 0.15) is 44.4 Å². The fraction of sp³-hybridized carbons (Fsp3) is 0.421. The third kappa shape index (κ3) is 3.29. The average molecular weight is 356 g/mol. The van der Waals surface area contributed by atoms with E-state index in [1.807, 2.05) is 40.0 Å². The summed E-state index contributed by atoms with van der Waals surface area (Å²) in [6.07, 6.45) is 2.04. The number of benzene rings is 1. The normalized spacial score (nSPS) is 16.7. The van der Waals surface area contributed by atoms with Gasteiger partial charge in [0.05, 0.1) is 12.8 Å². The summed E-state index contributed by atoms with van der Waals surface area (Å²) >= 11 is 0. The molecule has 7 nitrogen and oxygen atoms in total. The number of aryl methyl sites for hydroxylation is 1. The van der Waals surface area contributed by atoms with Crippen LogP contribution in [0.3, 0.4) is 0 Å². The maximum Gasteiger partial charge on any atom is 0.229 e. The molecule has 0 saturated heterocycles. The molecular formula is C19H24N4O3. The number of aromatic nitrogens is 2. The van der Waals surface area contributed by atoms with Crippen LogP contribution in [-0.2, 0) is 16.6 Å². The lowest BCUT2D eigenvalue weighted by Crippen LogP contribution is -2.29. The van der Waals surface area contributed by atoms with E-state index >= 15 is 0 Å². The average Bonchev–Trinajstić information content (AvgIpc) is 2.98. The lowest BCUT2D eigenvalue weighted by Gasteiger charge is -2.28. The van der Waals surface area contributed by atoms with Gasteiger partial charge in [0.2, 0.25) is 11.8 Å². The van der Waals surface area contributed by atoms with Crippen LogP contribution in [0.15, 0.2) is 24.4 Å². The summed E-state index contributed by atoms with van der Waals surface area (Å²) in [5, 5.41) is 10.1. The van der Waals surface area contributed by atoms with Crippen LogP contribution in [0.5, 0.6) is 5.75 Å². The van der Waals surface area contributed by atoms with Crippen LogP contribution in [0.4, 0.5) is 11.4 Å². The van der Waals surface area contributed by atoms with Crippen molar-refractivity contribution in [2.45, 2.75) is 33.1 Å². The molecular weight excluding hydrogens is 332 g/mol. The van der Waals surface area contributed by atoms with Crippen LogP contribution in [0.2, 0.25) is 0 Å². The summed E-state index contributed by atoms with van der Waals surface area (Å²) in [6, 6.07) is 5.55. The highest BCUT2D eigenvalue weighted by Crippen LogP contribution is 2.42. The standard InChI is InChI=1S/C19H24N4O3/c1-19(2,3)18(25)22-14-8-11-12(15-6-7-20-23(15)4)9-17(24)21-13(11)10-16(14)26-5/h6-8,10,12H,9H2,1-5H3,(H,21,24)(H,22,25). The van der Waals surface area contributed by atoms with E-state index in [0.29, 0.717) is 23.5 Å². The van der Waals surface area contributed by atoms with E-state index in [4.69, 9.17) is 4.74 Å². The number of anilines is 2. The van der Waals surface area contributed by atoms with Crippen LogP contribution in [-0.4, -0.2) is 28.7 Å². The molecule has 26 heavy (non-hydrogen) atoms. The topological polar surface area (TPSA) is 85.2 Å². The molecule has 138 valence electrons. The van der Waals surface area contributed by atoms with Gasteiger partial charge in [0.25, 0.3) is 0 Å². The first kappa shape index (κ1) is 18.0. The SMILES string of the molecule is COc1cc2c(cc1NC(=O)C(C)(C)C)C(c1ccnn1C)CC(=O)N2. The molecule has 0 saturated carbocycles. The smallest absolute Gasteiger partial charge is 0.229 e. The molecule has 0 bridgehead atoms. The molecule has 0 spiro atoms. The molecule has 1 aromatic heterocycles. The Balaban J connectivity index is 2.08. The number of amides is 2. The molecule has 1 aliphatic rings. The zero-order valence-electron chi connectivity index (χ0n) is 15.7. The highest BCUT2D eigenvalue weighted by molar-refractivity contribution is 5.99. The Morgan fingerprint density at radius 2 is 2.12 bits per heavy atom. The van der Waals surface area contributed by atoms with Gasteiger partial charge in [-0.05, 0) is 17.7 Å². The van der Waals surface area contributed by atoms with Crippen LogP contribution in [0.25, 0.3) is 0 Å². The molecule has 2 N–H and O–H groups in total. The van der Waals surface area contributed by atoms with E-state index in [1.54, 1.807) is 16.9 Å². The zero-order chi connectivity index (χ0) is 19.1. The monoisotopic (exact) mass is 356 g/mol. The molecule has 2 amide bonds. The van der Waals surface area contributed by atoms with Gasteiger partial charge in [0, 0.05) is 48.4 Å². The van der Waals surface area contributed by atoms with Crippen molar-refractivity contribution in [1.82, 2.24) is 9.78 Å². The van der Waals surface area contributed by atoms with E-state index in [9.17, 15) is 9.59 Å². The minimum Gasteiger partial charge on any atom is -0.494 e. The number of hydrogen-bond donors (Lipinski definition) is 2. The number of carbonyl (C=O) groups is 2. The quantitative estimate of drug-likeness (QED) is 0.885. The van der Waals surface area contributed by atoms with Crippen molar-refractivity contribution in [3.8, 4) is 5.75 Å². The lowest BCUT2D eigenvalue weighted by atomic mass is 9.87. The Labute approximate surface area is 152 Å². The Morgan fingerprint density at radius 3 is 2.69 bits per heavy atom. The van der Waals surface area contributed by atoms with Gasteiger partial charge in [-0.2, -0.15) is 5.10 Å². The Kier molecular flexibility index (Phi) is 4.48. The van der Waals surface area contributed by atoms with Crippen molar-refractivity contribution >= 4 is 23.2 Å². The summed E-state index contributed by atoms with van der Waals surface area (Å²) in [5.74, 6) is 0.208. The van der Waals surface area contributed by atoms with Crippen molar-refractivity contribution in [3.05, 3.63) is 35.7 Å². The van der Waals surface area contributed by atoms with E-state index in [-0.39, 0.29) is 17.7 Å². The first-order valence-electron chi connectivity index (χ1n) is 8.52. The summed E-state index contributed by atoms with van der Waals surface area (Å²) in [7, 11) is 3.39. The molecule has 0 aliphatic carbocycles. The maximum absolute atomic E-state index is 12.4. The number of carbonyl (C=O) groups excluding carboxylic acids is 2. The number of nitrogens with zero attached hydrogens (tertiary/aromatic N) is 2. The molecule has 1 unspecified atom stereocenters. The van der Waals surface area contributed by atoms with E-state index in [1.165, 1.54) is 7.11 Å². The second-order valence-corrected chi connectivity index (χ2v) is 7.53. The fourth-order valence-corrected chi connectivity index (χ4v) is 3.06. The molecule has 7 heteroatoms. The fourth-order valence-electron chi connectivity index (χ4n) is 3.06. The number of methoxy groups -OCH3 is 1. The Morgan fingerprint density at radius 1 is 1.38 bits per heavy atom. The molecule has 1 aliphatic heterocycles. The van der Waals surface area contributed by atoms with Gasteiger partial charge in [0.15, 0.2) is 0 Å². The summed E-state index contributed by atoms with van der Waals surface area (Å²) in [5.41, 5.74) is 2.63. The van der Waals surface area contributed by atoms with Crippen LogP contribution >= 0.6 is 0 Å². The lowest BCUT2D eigenvalue weighted by molar-refractivity contribution is -0.123. The van der Waals surface area contributed by atoms with Crippen molar-refractivity contribution in [2.75, 3.05) is 17.7 Å². The summed E-state index contributed by atoms with van der Waals surface area (Å²) in [6.45, 7) is 5.56. The van der Waals surface area contributed by atoms with Gasteiger partial charge in [-0.3, -0.25) is 14.3 Å². The van der Waals surface area contributed by atoms with E-state index in [2.05, 4.69) is 15.7 Å². The molecule has 2 aromatic rings. The van der Waals surface area contributed by atoms with Gasteiger partial charge < -0.3 is 15.4 Å². The van der Waals surface area contributed by atoms with Crippen molar-refractivity contribution in [3.63, 3.8) is 0 Å². The van der Waals surface area contributed by atoms with Crippen molar-refractivity contribution in [2.24, 2.45) is 12.5 Å². The molecule has 0 fully saturated rings. The highest BCUT2D eigenvalue weighted by Gasteiger charge is 2.31. The van der Waals surface area contributed by atoms with Gasteiger partial charge >= 0.3 is 0 Å². The van der Waals surface area contributed by atoms with Gasteiger partial charge in [-0.15, -0.1) is 0 Å². The van der Waals surface area contributed by atoms with Crippen molar-refractivity contribution in [1.29, 1.82) is 0 Å². The van der Waals surface area contributed by atoms with Crippen LogP contribution < -0.4 is 15.4 Å². The number of fused-ring (bicyclic) bond motifs is 1. The summed E-state index contributed by atoms with van der Waals surface area (Å²) in [4.78, 5) is 24.6. The Bertz CT molecular complexity index is 864. The number of hydrogen-bond acceptors (Lipinski definition) is 4. The Hall–Kier alpha value is -2.83. The highest BCUT2D eigenvalue weighted by atomic mass is 16.5. The summed E-state index contributed by atoms with van der Waals surface area (Å²) < 4.78 is 7.19. The third-order valence-electron chi connectivity index (χ3n) is 4.56. The minimum absolute atomic E-state index is 0.0581. The predicted molar refractivity (Wildman–Crippen MR) is 99.4 cm³/mol. The second kappa shape index (κ2) is 6.48. The largest absolute Gasteiger partial charge is 0.494 e. The number of ether oxygens (including phenoxy) is 1. The first-order valence-corrected chi connectivity index (χ1v) is 8.52. The maximum atomic E-state index is 12.4. The third-order valence-corrected chi connectivity index (χ3v) is 4.56. The molecule has 0 radical (unpaired) electrons. The number of nitrogens with one attached hydrogen (secondary N) is 2. The van der Waals surface area contributed by atoms with E-state index in [0.717, 1.165) is 11.3 Å². The second-order valence-electron chi connectivity index (χ2n) is 7.53. The minimum atomic E-state index is -0.531. The first-order chi connectivity index (χ1) is 12.2. The molecule has 1 aromatic carbocycles. The molecule has 2 heterocycles.